The minimum Gasteiger partial charge on any atom is -0.350 e. The molecule has 0 saturated carbocycles. The Labute approximate surface area is 148 Å². The van der Waals surface area contributed by atoms with E-state index in [4.69, 9.17) is 16.1 Å². The summed E-state index contributed by atoms with van der Waals surface area (Å²) in [6.45, 7) is 1.92. The van der Waals surface area contributed by atoms with Crippen LogP contribution in [0.2, 0.25) is 5.02 Å². The van der Waals surface area contributed by atoms with Gasteiger partial charge in [-0.3, -0.25) is 4.79 Å². The molecule has 1 atom stereocenters. The van der Waals surface area contributed by atoms with Crippen molar-refractivity contribution in [1.82, 2.24) is 15.5 Å². The lowest BCUT2D eigenvalue weighted by Crippen LogP contribution is -2.26. The first-order chi connectivity index (χ1) is 11.6. The highest BCUT2D eigenvalue weighted by Gasteiger charge is 2.13. The van der Waals surface area contributed by atoms with Crippen molar-refractivity contribution in [2.24, 2.45) is 0 Å². The first-order valence-electron chi connectivity index (χ1n) is 7.53. The van der Waals surface area contributed by atoms with Gasteiger partial charge in [0.05, 0.1) is 10.9 Å². The van der Waals surface area contributed by atoms with Crippen LogP contribution in [0.1, 0.15) is 30.8 Å². The van der Waals surface area contributed by atoms with E-state index in [1.165, 1.54) is 0 Å². The molecular weight excluding hydrogens is 346 g/mol. The summed E-state index contributed by atoms with van der Waals surface area (Å²) in [7, 11) is 0. The van der Waals surface area contributed by atoms with Crippen molar-refractivity contribution in [1.29, 1.82) is 0 Å². The average molecular weight is 362 g/mol. The predicted molar refractivity (Wildman–Crippen MR) is 93.9 cm³/mol. The molecule has 2 aromatic heterocycles. The second kappa shape index (κ2) is 7.59. The number of hydrogen-bond acceptors (Lipinski definition) is 5. The number of carbonyl (C=O) groups is 1. The molecule has 5 nitrogen and oxygen atoms in total. The molecule has 0 fully saturated rings. The van der Waals surface area contributed by atoms with Crippen LogP contribution in [0.3, 0.4) is 0 Å². The summed E-state index contributed by atoms with van der Waals surface area (Å²) >= 11 is 7.52. The topological polar surface area (TPSA) is 68.0 Å². The van der Waals surface area contributed by atoms with Gasteiger partial charge in [0, 0.05) is 17.9 Å². The second-order valence-corrected chi connectivity index (χ2v) is 6.72. The third kappa shape index (κ3) is 4.21. The number of aromatic nitrogens is 2. The van der Waals surface area contributed by atoms with Crippen LogP contribution >= 0.6 is 22.9 Å². The molecule has 0 unspecified atom stereocenters. The third-order valence-electron chi connectivity index (χ3n) is 3.50. The van der Waals surface area contributed by atoms with E-state index in [-0.39, 0.29) is 18.4 Å². The van der Waals surface area contributed by atoms with Crippen LogP contribution in [0.25, 0.3) is 10.7 Å². The molecule has 0 bridgehead atoms. The number of rotatable bonds is 6. The van der Waals surface area contributed by atoms with E-state index >= 15 is 0 Å². The van der Waals surface area contributed by atoms with Crippen molar-refractivity contribution < 1.29 is 9.32 Å². The van der Waals surface area contributed by atoms with E-state index in [1.807, 2.05) is 42.6 Å². The first-order valence-corrected chi connectivity index (χ1v) is 8.79. The summed E-state index contributed by atoms with van der Waals surface area (Å²) in [6.07, 6.45) is 0.698. The number of halogens is 1. The highest BCUT2D eigenvalue weighted by molar-refractivity contribution is 7.13. The minimum absolute atomic E-state index is 0.0710. The molecule has 1 amide bonds. The molecule has 124 valence electrons. The van der Waals surface area contributed by atoms with Gasteiger partial charge in [-0.15, -0.1) is 11.3 Å². The Kier molecular flexibility index (Phi) is 5.27. The van der Waals surface area contributed by atoms with Gasteiger partial charge < -0.3 is 9.84 Å². The Morgan fingerprint density at radius 3 is 3.00 bits per heavy atom. The summed E-state index contributed by atoms with van der Waals surface area (Å²) in [5.74, 6) is 0.954. The van der Waals surface area contributed by atoms with E-state index in [2.05, 4.69) is 15.5 Å². The van der Waals surface area contributed by atoms with Crippen molar-refractivity contribution in [3.05, 3.63) is 58.3 Å². The lowest BCUT2D eigenvalue weighted by atomic mass is 10.1. The molecule has 3 aromatic rings. The second-order valence-electron chi connectivity index (χ2n) is 5.33. The Hall–Kier alpha value is -2.18. The number of hydrogen-bond donors (Lipinski definition) is 1. The van der Waals surface area contributed by atoms with Crippen LogP contribution in [0, 0.1) is 0 Å². The van der Waals surface area contributed by atoms with Crippen LogP contribution in [0.15, 0.2) is 46.3 Å². The Morgan fingerprint density at radius 1 is 1.38 bits per heavy atom. The SMILES string of the molecule is C[C@@H](NC(=O)CCc1nc(-c2cccs2)no1)c1cccc(Cl)c1. The number of carbonyl (C=O) groups excluding carboxylic acids is 1. The quantitative estimate of drug-likeness (QED) is 0.712. The van der Waals surface area contributed by atoms with Crippen LogP contribution < -0.4 is 5.32 Å². The van der Waals surface area contributed by atoms with Crippen molar-refractivity contribution in [2.45, 2.75) is 25.8 Å². The van der Waals surface area contributed by atoms with Crippen molar-refractivity contribution in [2.75, 3.05) is 0 Å². The van der Waals surface area contributed by atoms with E-state index in [1.54, 1.807) is 17.4 Å². The van der Waals surface area contributed by atoms with Gasteiger partial charge in [-0.25, -0.2) is 0 Å². The summed E-state index contributed by atoms with van der Waals surface area (Å²) in [6, 6.07) is 11.2. The molecule has 24 heavy (non-hydrogen) atoms. The molecule has 7 heteroatoms. The number of amides is 1. The van der Waals surface area contributed by atoms with Gasteiger partial charge in [-0.1, -0.05) is 35.0 Å². The zero-order chi connectivity index (χ0) is 16.9. The predicted octanol–water partition coefficient (Wildman–Crippen LogP) is 4.26. The number of aryl methyl sites for hydroxylation is 1. The Morgan fingerprint density at radius 2 is 2.25 bits per heavy atom. The first kappa shape index (κ1) is 16.7. The molecule has 1 aromatic carbocycles. The molecule has 0 spiro atoms. The average Bonchev–Trinajstić information content (AvgIpc) is 3.24. The Bertz CT molecular complexity index is 817. The van der Waals surface area contributed by atoms with E-state index < -0.39 is 0 Å². The molecule has 0 aliphatic heterocycles. The molecule has 0 saturated heterocycles. The fourth-order valence-corrected chi connectivity index (χ4v) is 3.10. The smallest absolute Gasteiger partial charge is 0.227 e. The number of thiophene rings is 1. The summed E-state index contributed by atoms with van der Waals surface area (Å²) < 4.78 is 5.19. The van der Waals surface area contributed by atoms with Gasteiger partial charge in [0.1, 0.15) is 0 Å². The zero-order valence-corrected chi connectivity index (χ0v) is 14.6. The van der Waals surface area contributed by atoms with Gasteiger partial charge in [-0.05, 0) is 36.1 Å². The molecular formula is C17H16ClN3O2S. The van der Waals surface area contributed by atoms with Gasteiger partial charge in [0.15, 0.2) is 0 Å². The maximum atomic E-state index is 12.1. The van der Waals surface area contributed by atoms with Crippen LogP contribution in [-0.2, 0) is 11.2 Å². The molecule has 2 heterocycles. The normalized spacial score (nSPS) is 12.1. The van der Waals surface area contributed by atoms with Crippen molar-refractivity contribution >= 4 is 28.8 Å². The monoisotopic (exact) mass is 361 g/mol. The highest BCUT2D eigenvalue weighted by Crippen LogP contribution is 2.21. The van der Waals surface area contributed by atoms with Gasteiger partial charge in [0.2, 0.25) is 17.6 Å². The fourth-order valence-electron chi connectivity index (χ4n) is 2.26. The number of benzene rings is 1. The lowest BCUT2D eigenvalue weighted by molar-refractivity contribution is -0.121. The summed E-state index contributed by atoms with van der Waals surface area (Å²) in [4.78, 5) is 17.3. The largest absolute Gasteiger partial charge is 0.350 e. The third-order valence-corrected chi connectivity index (χ3v) is 4.60. The van der Waals surface area contributed by atoms with E-state index in [0.29, 0.717) is 23.2 Å². The van der Waals surface area contributed by atoms with Crippen molar-refractivity contribution in [3.8, 4) is 10.7 Å². The van der Waals surface area contributed by atoms with E-state index in [9.17, 15) is 4.79 Å². The van der Waals surface area contributed by atoms with Crippen LogP contribution in [0.4, 0.5) is 0 Å². The zero-order valence-electron chi connectivity index (χ0n) is 13.0. The minimum atomic E-state index is -0.111. The molecule has 0 aliphatic carbocycles. The maximum absolute atomic E-state index is 12.1. The van der Waals surface area contributed by atoms with Crippen LogP contribution in [-0.4, -0.2) is 16.0 Å². The Balaban J connectivity index is 1.52. The van der Waals surface area contributed by atoms with Crippen molar-refractivity contribution in [3.63, 3.8) is 0 Å². The molecule has 3 rings (SSSR count). The molecule has 0 radical (unpaired) electrons. The molecule has 0 aliphatic rings. The fraction of sp³-hybridized carbons (Fsp3) is 0.235. The van der Waals surface area contributed by atoms with Gasteiger partial charge in [0.25, 0.3) is 0 Å². The summed E-state index contributed by atoms with van der Waals surface area (Å²) in [5, 5.41) is 9.48. The lowest BCUT2D eigenvalue weighted by Gasteiger charge is -2.14. The number of nitrogens with one attached hydrogen (secondary N) is 1. The van der Waals surface area contributed by atoms with E-state index in [0.717, 1.165) is 10.4 Å². The van der Waals surface area contributed by atoms with Crippen LogP contribution in [0.5, 0.6) is 0 Å². The standard InChI is InChI=1S/C17H16ClN3O2S/c1-11(12-4-2-5-13(18)10-12)19-15(22)7-8-16-20-17(21-23-16)14-6-3-9-24-14/h2-6,9-11H,7-8H2,1H3,(H,19,22)/t11-/m1/s1. The molecule has 1 N–H and O–H groups in total. The van der Waals surface area contributed by atoms with Gasteiger partial charge >= 0.3 is 0 Å². The van der Waals surface area contributed by atoms with Gasteiger partial charge in [-0.2, -0.15) is 4.98 Å². The maximum Gasteiger partial charge on any atom is 0.227 e. The number of nitrogens with zero attached hydrogens (tertiary/aromatic N) is 2. The summed E-state index contributed by atoms with van der Waals surface area (Å²) in [5.41, 5.74) is 0.966. The highest BCUT2D eigenvalue weighted by atomic mass is 35.5.